The number of carbonyl (C=O) groups is 3. The average molecular weight is 482 g/mol. The highest BCUT2D eigenvalue weighted by Gasteiger charge is 2.22. The van der Waals surface area contributed by atoms with Crippen molar-refractivity contribution in [3.05, 3.63) is 70.9 Å². The Morgan fingerprint density at radius 2 is 2.03 bits per heavy atom. The number of aliphatic hydroxyl groups excluding tert-OH is 1. The lowest BCUT2D eigenvalue weighted by Crippen LogP contribution is -2.45. The van der Waals surface area contributed by atoms with Gasteiger partial charge in [0.25, 0.3) is 5.56 Å². The Morgan fingerprint density at radius 3 is 2.77 bits per heavy atom. The van der Waals surface area contributed by atoms with Gasteiger partial charge in [-0.2, -0.15) is 0 Å². The van der Waals surface area contributed by atoms with Crippen LogP contribution in [-0.2, 0) is 20.9 Å². The van der Waals surface area contributed by atoms with Gasteiger partial charge in [-0.1, -0.05) is 18.2 Å². The average Bonchev–Trinajstić information content (AvgIpc) is 3.24. The van der Waals surface area contributed by atoms with Crippen LogP contribution in [0.15, 0.2) is 59.5 Å². The number of hydrogen-bond donors (Lipinski definition) is 5. The molecule has 0 radical (unpaired) electrons. The molecule has 0 saturated heterocycles. The predicted molar refractivity (Wildman–Crippen MR) is 127 cm³/mol. The Kier molecular flexibility index (Phi) is 8.73. The number of amides is 3. The maximum atomic E-state index is 12.9. The van der Waals surface area contributed by atoms with Gasteiger partial charge in [0.15, 0.2) is 0 Å². The van der Waals surface area contributed by atoms with Crippen molar-refractivity contribution in [2.45, 2.75) is 25.4 Å². The quantitative estimate of drug-likeness (QED) is 0.248. The molecule has 1 atom stereocenters. The number of H-pyrrole nitrogens is 1. The standard InChI is InChI=1S/C23H26N6O6/c24-19(31)10-4-3-8-17(28-23(34)35-13-12-30)21(32)27-18-9-5-11-29(22(18)33)14-20-25-15-6-1-2-7-16(15)26-20/h1-2,4-7,9-11,17,30H,3,8,12-14H2,(H2,24,31)(H,25,26)(H,27,32)(H,28,34)/b10-4+/t17-/m0/s1. The lowest BCUT2D eigenvalue weighted by atomic mass is 10.1. The minimum Gasteiger partial charge on any atom is -0.447 e. The van der Waals surface area contributed by atoms with Gasteiger partial charge in [0.1, 0.15) is 24.2 Å². The SMILES string of the molecule is NC(=O)/C=C/CC[C@H](NC(=O)OCCO)C(=O)Nc1cccn(Cc2nc3ccccc3[nH]2)c1=O. The molecule has 0 saturated carbocycles. The molecule has 0 aliphatic rings. The van der Waals surface area contributed by atoms with E-state index in [1.807, 2.05) is 24.3 Å². The van der Waals surface area contributed by atoms with E-state index in [-0.39, 0.29) is 38.3 Å². The number of fused-ring (bicyclic) bond motifs is 1. The van der Waals surface area contributed by atoms with Crippen molar-refractivity contribution in [2.75, 3.05) is 18.5 Å². The molecule has 0 spiro atoms. The Labute approximate surface area is 199 Å². The molecule has 12 nitrogen and oxygen atoms in total. The second-order valence-corrected chi connectivity index (χ2v) is 7.48. The van der Waals surface area contributed by atoms with E-state index in [1.165, 1.54) is 16.7 Å². The van der Waals surface area contributed by atoms with Gasteiger partial charge < -0.3 is 35.8 Å². The number of allylic oxidation sites excluding steroid dienone is 1. The van der Waals surface area contributed by atoms with Crippen LogP contribution in [0.5, 0.6) is 0 Å². The molecule has 2 aromatic heterocycles. The second-order valence-electron chi connectivity index (χ2n) is 7.48. The molecule has 3 amide bonds. The van der Waals surface area contributed by atoms with Crippen molar-refractivity contribution >= 4 is 34.6 Å². The van der Waals surface area contributed by atoms with Crippen LogP contribution >= 0.6 is 0 Å². The van der Waals surface area contributed by atoms with E-state index < -0.39 is 29.5 Å². The monoisotopic (exact) mass is 482 g/mol. The van der Waals surface area contributed by atoms with Gasteiger partial charge in [-0.25, -0.2) is 9.78 Å². The fourth-order valence-corrected chi connectivity index (χ4v) is 3.27. The van der Waals surface area contributed by atoms with Gasteiger partial charge in [-0.15, -0.1) is 0 Å². The number of nitrogens with zero attached hydrogens (tertiary/aromatic N) is 2. The molecule has 12 heteroatoms. The summed E-state index contributed by atoms with van der Waals surface area (Å²) in [5.41, 5.74) is 6.21. The summed E-state index contributed by atoms with van der Waals surface area (Å²) in [6.45, 7) is -0.461. The minimum absolute atomic E-state index is 0.0109. The summed E-state index contributed by atoms with van der Waals surface area (Å²) in [6, 6.07) is 9.44. The Balaban J connectivity index is 1.73. The number of aromatic nitrogens is 3. The third-order valence-corrected chi connectivity index (χ3v) is 4.87. The highest BCUT2D eigenvalue weighted by molar-refractivity contribution is 5.96. The maximum Gasteiger partial charge on any atom is 0.407 e. The normalized spacial score (nSPS) is 11.9. The molecule has 0 bridgehead atoms. The molecule has 0 aliphatic carbocycles. The van der Waals surface area contributed by atoms with Gasteiger partial charge in [0.05, 0.1) is 24.2 Å². The summed E-state index contributed by atoms with van der Waals surface area (Å²) in [7, 11) is 0. The van der Waals surface area contributed by atoms with Crippen LogP contribution in [0.25, 0.3) is 11.0 Å². The molecular formula is C23H26N6O6. The number of para-hydroxylation sites is 2. The first-order valence-electron chi connectivity index (χ1n) is 10.8. The molecule has 2 heterocycles. The van der Waals surface area contributed by atoms with Crippen LogP contribution in [0.3, 0.4) is 0 Å². The number of rotatable bonds is 11. The zero-order chi connectivity index (χ0) is 25.2. The number of aromatic amines is 1. The Bertz CT molecular complexity index is 1250. The van der Waals surface area contributed by atoms with E-state index in [0.717, 1.165) is 17.1 Å². The molecule has 0 aliphatic heterocycles. The number of nitrogens with two attached hydrogens (primary N) is 1. The molecule has 0 fully saturated rings. The summed E-state index contributed by atoms with van der Waals surface area (Å²) >= 11 is 0. The van der Waals surface area contributed by atoms with Gasteiger partial charge in [0.2, 0.25) is 11.8 Å². The number of primary amides is 1. The molecule has 6 N–H and O–H groups in total. The number of alkyl carbamates (subject to hydrolysis) is 1. The Morgan fingerprint density at radius 1 is 1.23 bits per heavy atom. The summed E-state index contributed by atoms with van der Waals surface area (Å²) in [4.78, 5) is 56.2. The smallest absolute Gasteiger partial charge is 0.407 e. The molecule has 35 heavy (non-hydrogen) atoms. The first-order valence-corrected chi connectivity index (χ1v) is 10.8. The third-order valence-electron chi connectivity index (χ3n) is 4.87. The number of pyridine rings is 1. The number of imidazole rings is 1. The predicted octanol–water partition coefficient (Wildman–Crippen LogP) is 0.620. The van der Waals surface area contributed by atoms with Crippen LogP contribution in [0.4, 0.5) is 10.5 Å². The van der Waals surface area contributed by atoms with Crippen LogP contribution in [-0.4, -0.2) is 56.8 Å². The zero-order valence-electron chi connectivity index (χ0n) is 18.8. The topological polar surface area (TPSA) is 181 Å². The highest BCUT2D eigenvalue weighted by Crippen LogP contribution is 2.11. The van der Waals surface area contributed by atoms with Gasteiger partial charge >= 0.3 is 6.09 Å². The van der Waals surface area contributed by atoms with Crippen molar-refractivity contribution in [3.8, 4) is 0 Å². The highest BCUT2D eigenvalue weighted by atomic mass is 16.6. The van der Waals surface area contributed by atoms with Crippen molar-refractivity contribution < 1.29 is 24.2 Å². The largest absolute Gasteiger partial charge is 0.447 e. The van der Waals surface area contributed by atoms with Crippen molar-refractivity contribution in [3.63, 3.8) is 0 Å². The minimum atomic E-state index is -1.08. The molecule has 184 valence electrons. The number of nitrogens with one attached hydrogen (secondary N) is 3. The zero-order valence-corrected chi connectivity index (χ0v) is 18.8. The number of anilines is 1. The molecule has 3 rings (SSSR count). The maximum absolute atomic E-state index is 12.9. The number of benzene rings is 1. The lowest BCUT2D eigenvalue weighted by Gasteiger charge is -2.18. The molecule has 1 aromatic carbocycles. The molecular weight excluding hydrogens is 456 g/mol. The second kappa shape index (κ2) is 12.1. The van der Waals surface area contributed by atoms with Gasteiger partial charge in [0, 0.05) is 6.20 Å². The first-order chi connectivity index (χ1) is 16.9. The molecule has 0 unspecified atom stereocenters. The van der Waals surface area contributed by atoms with Crippen molar-refractivity contribution in [1.29, 1.82) is 0 Å². The van der Waals surface area contributed by atoms with Crippen LogP contribution in [0.2, 0.25) is 0 Å². The van der Waals surface area contributed by atoms with E-state index in [1.54, 1.807) is 12.3 Å². The number of carbonyl (C=O) groups excluding carboxylic acids is 3. The van der Waals surface area contributed by atoms with Crippen LogP contribution in [0.1, 0.15) is 18.7 Å². The summed E-state index contributed by atoms with van der Waals surface area (Å²) in [6.07, 6.45) is 3.62. The third kappa shape index (κ3) is 7.27. The lowest BCUT2D eigenvalue weighted by molar-refractivity contribution is -0.118. The van der Waals surface area contributed by atoms with E-state index >= 15 is 0 Å². The first kappa shape index (κ1) is 25.2. The van der Waals surface area contributed by atoms with Crippen LogP contribution < -0.4 is 21.9 Å². The number of ether oxygens (including phenoxy) is 1. The van der Waals surface area contributed by atoms with Gasteiger partial charge in [-0.3, -0.25) is 14.4 Å². The van der Waals surface area contributed by atoms with E-state index in [4.69, 9.17) is 15.6 Å². The van der Waals surface area contributed by atoms with Gasteiger partial charge in [-0.05, 0) is 43.2 Å². The molecule has 3 aromatic rings. The van der Waals surface area contributed by atoms with E-state index in [0.29, 0.717) is 5.82 Å². The van der Waals surface area contributed by atoms with Crippen LogP contribution in [0, 0.1) is 0 Å². The van der Waals surface area contributed by atoms with Crippen molar-refractivity contribution in [1.82, 2.24) is 19.9 Å². The fraction of sp³-hybridized carbons (Fsp3) is 0.261. The van der Waals surface area contributed by atoms with E-state index in [9.17, 15) is 19.2 Å². The van der Waals surface area contributed by atoms with Crippen molar-refractivity contribution in [2.24, 2.45) is 5.73 Å². The summed E-state index contributed by atoms with van der Waals surface area (Å²) in [5, 5.41) is 13.7. The number of aliphatic hydroxyl groups is 1. The number of hydrogen-bond acceptors (Lipinski definition) is 7. The fourth-order valence-electron chi connectivity index (χ4n) is 3.27. The summed E-state index contributed by atoms with van der Waals surface area (Å²) < 4.78 is 6.14. The Hall–Kier alpha value is -4.45. The summed E-state index contributed by atoms with van der Waals surface area (Å²) in [5.74, 6) is -0.725. The van der Waals surface area contributed by atoms with E-state index in [2.05, 4.69) is 20.6 Å².